The van der Waals surface area contributed by atoms with Gasteiger partial charge in [-0.15, -0.1) is 5.10 Å². The number of hydrogen-bond donors (Lipinski definition) is 1. The van der Waals surface area contributed by atoms with Gasteiger partial charge in [-0.05, 0) is 43.2 Å². The van der Waals surface area contributed by atoms with Gasteiger partial charge in [0.25, 0.3) is 5.91 Å². The fourth-order valence-electron chi connectivity index (χ4n) is 2.81. The summed E-state index contributed by atoms with van der Waals surface area (Å²) >= 11 is 0. The predicted molar refractivity (Wildman–Crippen MR) is 93.4 cm³/mol. The van der Waals surface area contributed by atoms with Crippen LogP contribution in [-0.4, -0.2) is 26.9 Å². The molecule has 1 aromatic heterocycles. The molecule has 1 unspecified atom stereocenters. The number of amides is 1. The quantitative estimate of drug-likeness (QED) is 0.649. The summed E-state index contributed by atoms with van der Waals surface area (Å²) in [6.45, 7) is 1.52. The number of aromatic nitrogens is 3. The SMILES string of the molecule is CC(Cc1ccccc1F)NC(=O)c1nnn(-c2cccc(F)c2)c1C(F)(F)F. The van der Waals surface area contributed by atoms with E-state index in [1.165, 1.54) is 37.3 Å². The summed E-state index contributed by atoms with van der Waals surface area (Å²) in [6, 6.07) is 9.51. The van der Waals surface area contributed by atoms with Gasteiger partial charge >= 0.3 is 6.18 Å². The van der Waals surface area contributed by atoms with E-state index in [4.69, 9.17) is 0 Å². The van der Waals surface area contributed by atoms with E-state index in [2.05, 4.69) is 15.6 Å². The van der Waals surface area contributed by atoms with Gasteiger partial charge in [0.2, 0.25) is 0 Å². The normalized spacial score (nSPS) is 12.6. The smallest absolute Gasteiger partial charge is 0.348 e. The lowest BCUT2D eigenvalue weighted by Crippen LogP contribution is -2.35. The van der Waals surface area contributed by atoms with Gasteiger partial charge < -0.3 is 5.32 Å². The number of nitrogens with zero attached hydrogens (tertiary/aromatic N) is 3. The lowest BCUT2D eigenvalue weighted by molar-refractivity contribution is -0.143. The van der Waals surface area contributed by atoms with Crippen molar-refractivity contribution < 1.29 is 26.7 Å². The van der Waals surface area contributed by atoms with Gasteiger partial charge in [0, 0.05) is 6.04 Å². The molecule has 1 amide bonds. The Labute approximate surface area is 162 Å². The van der Waals surface area contributed by atoms with Crippen molar-refractivity contribution in [3.8, 4) is 5.69 Å². The largest absolute Gasteiger partial charge is 0.435 e. The van der Waals surface area contributed by atoms with Crippen LogP contribution in [0.5, 0.6) is 0 Å². The second kappa shape index (κ2) is 7.98. The lowest BCUT2D eigenvalue weighted by Gasteiger charge is -2.15. The molecule has 3 aromatic rings. The Balaban J connectivity index is 1.88. The number of hydrogen-bond acceptors (Lipinski definition) is 3. The van der Waals surface area contributed by atoms with Crippen LogP contribution in [0.1, 0.15) is 28.7 Å². The average Bonchev–Trinajstić information content (AvgIpc) is 3.09. The maximum Gasteiger partial charge on any atom is 0.435 e. The maximum atomic E-state index is 13.7. The van der Waals surface area contributed by atoms with Crippen molar-refractivity contribution in [1.82, 2.24) is 20.3 Å². The van der Waals surface area contributed by atoms with Crippen LogP contribution in [0.4, 0.5) is 22.0 Å². The van der Waals surface area contributed by atoms with Crippen LogP contribution in [0.15, 0.2) is 48.5 Å². The number of carbonyl (C=O) groups excluding carboxylic acids is 1. The molecule has 3 rings (SSSR count). The molecule has 0 aliphatic heterocycles. The second-order valence-corrected chi connectivity index (χ2v) is 6.35. The highest BCUT2D eigenvalue weighted by atomic mass is 19.4. The Morgan fingerprint density at radius 3 is 2.52 bits per heavy atom. The molecule has 0 radical (unpaired) electrons. The number of carbonyl (C=O) groups is 1. The third kappa shape index (κ3) is 4.58. The molecule has 152 valence electrons. The van der Waals surface area contributed by atoms with Crippen LogP contribution in [0, 0.1) is 11.6 Å². The zero-order valence-corrected chi connectivity index (χ0v) is 15.0. The van der Waals surface area contributed by atoms with E-state index in [0.717, 1.165) is 12.1 Å². The Morgan fingerprint density at radius 2 is 1.86 bits per heavy atom. The summed E-state index contributed by atoms with van der Waals surface area (Å²) in [5.41, 5.74) is -2.32. The first-order chi connectivity index (χ1) is 13.7. The van der Waals surface area contributed by atoms with Crippen LogP contribution in [0.2, 0.25) is 0 Å². The van der Waals surface area contributed by atoms with Gasteiger partial charge in [-0.25, -0.2) is 13.5 Å². The molecule has 0 aliphatic carbocycles. The van der Waals surface area contributed by atoms with Gasteiger partial charge in [0.15, 0.2) is 11.4 Å². The molecule has 0 saturated heterocycles. The van der Waals surface area contributed by atoms with Crippen molar-refractivity contribution in [1.29, 1.82) is 0 Å². The van der Waals surface area contributed by atoms with Crippen molar-refractivity contribution in [2.75, 3.05) is 0 Å². The Hall–Kier alpha value is -3.30. The number of rotatable bonds is 5. The zero-order chi connectivity index (χ0) is 21.2. The summed E-state index contributed by atoms with van der Waals surface area (Å²) in [6.07, 6.45) is -4.91. The minimum atomic E-state index is -4.97. The summed E-state index contributed by atoms with van der Waals surface area (Å²) < 4.78 is 68.3. The Morgan fingerprint density at radius 1 is 1.14 bits per heavy atom. The van der Waals surface area contributed by atoms with Crippen LogP contribution < -0.4 is 5.32 Å². The van der Waals surface area contributed by atoms with E-state index in [9.17, 15) is 26.7 Å². The van der Waals surface area contributed by atoms with E-state index < -0.39 is 41.1 Å². The first kappa shape index (κ1) is 20.4. The summed E-state index contributed by atoms with van der Waals surface area (Å²) in [5, 5.41) is 9.10. The summed E-state index contributed by atoms with van der Waals surface area (Å²) in [4.78, 5) is 12.4. The molecule has 0 spiro atoms. The minimum Gasteiger partial charge on any atom is -0.348 e. The molecule has 0 bridgehead atoms. The standard InChI is InChI=1S/C19H15F5N4O/c1-11(9-12-5-2-3-8-15(12)21)25-18(29)16-17(19(22,23)24)28(27-26-16)14-7-4-6-13(20)10-14/h2-8,10-11H,9H2,1H3,(H,25,29). The predicted octanol–water partition coefficient (Wildman–Crippen LogP) is 3.93. The fraction of sp³-hybridized carbons (Fsp3) is 0.211. The van der Waals surface area contributed by atoms with Crippen LogP contribution >= 0.6 is 0 Å². The van der Waals surface area contributed by atoms with Crippen molar-refractivity contribution in [3.63, 3.8) is 0 Å². The van der Waals surface area contributed by atoms with E-state index in [0.29, 0.717) is 10.2 Å². The van der Waals surface area contributed by atoms with Gasteiger partial charge in [-0.2, -0.15) is 13.2 Å². The van der Waals surface area contributed by atoms with Crippen LogP contribution in [0.3, 0.4) is 0 Å². The topological polar surface area (TPSA) is 59.8 Å². The van der Waals surface area contributed by atoms with Gasteiger partial charge in [0.05, 0.1) is 5.69 Å². The first-order valence-electron chi connectivity index (χ1n) is 8.50. The number of nitrogens with one attached hydrogen (secondary N) is 1. The summed E-state index contributed by atoms with van der Waals surface area (Å²) in [5.74, 6) is -2.37. The van der Waals surface area contributed by atoms with E-state index in [1.807, 2.05) is 0 Å². The molecule has 2 aromatic carbocycles. The first-order valence-corrected chi connectivity index (χ1v) is 8.50. The highest BCUT2D eigenvalue weighted by molar-refractivity contribution is 5.93. The average molecular weight is 410 g/mol. The molecule has 0 saturated carbocycles. The molecule has 10 heteroatoms. The number of benzene rings is 2. The molecule has 0 fully saturated rings. The fourth-order valence-corrected chi connectivity index (χ4v) is 2.81. The molecule has 0 aliphatic rings. The monoisotopic (exact) mass is 410 g/mol. The lowest BCUT2D eigenvalue weighted by atomic mass is 10.1. The molecule has 5 nitrogen and oxygen atoms in total. The maximum absolute atomic E-state index is 13.7. The Kier molecular flexibility index (Phi) is 5.62. The molecule has 1 heterocycles. The third-order valence-electron chi connectivity index (χ3n) is 4.07. The van der Waals surface area contributed by atoms with Gasteiger partial charge in [0.1, 0.15) is 11.6 Å². The molecule has 29 heavy (non-hydrogen) atoms. The van der Waals surface area contributed by atoms with Gasteiger partial charge in [-0.1, -0.05) is 29.5 Å². The minimum absolute atomic E-state index is 0.0673. The molecular formula is C19H15F5N4O. The third-order valence-corrected chi connectivity index (χ3v) is 4.07. The zero-order valence-electron chi connectivity index (χ0n) is 15.0. The molecular weight excluding hydrogens is 395 g/mol. The van der Waals surface area contributed by atoms with E-state index in [-0.39, 0.29) is 12.1 Å². The Bertz CT molecular complexity index is 1030. The van der Waals surface area contributed by atoms with Crippen molar-refractivity contribution in [2.24, 2.45) is 0 Å². The number of halogens is 5. The number of alkyl halides is 3. The highest BCUT2D eigenvalue weighted by Crippen LogP contribution is 2.32. The van der Waals surface area contributed by atoms with Gasteiger partial charge in [-0.3, -0.25) is 4.79 Å². The van der Waals surface area contributed by atoms with Crippen molar-refractivity contribution in [2.45, 2.75) is 25.6 Å². The highest BCUT2D eigenvalue weighted by Gasteiger charge is 2.42. The second-order valence-electron chi connectivity index (χ2n) is 6.35. The van der Waals surface area contributed by atoms with Crippen molar-refractivity contribution in [3.05, 3.63) is 77.1 Å². The molecule has 1 N–H and O–H groups in total. The van der Waals surface area contributed by atoms with Crippen LogP contribution in [-0.2, 0) is 12.6 Å². The summed E-state index contributed by atoms with van der Waals surface area (Å²) in [7, 11) is 0. The van der Waals surface area contributed by atoms with Crippen LogP contribution in [0.25, 0.3) is 5.69 Å². The van der Waals surface area contributed by atoms with E-state index in [1.54, 1.807) is 6.07 Å². The van der Waals surface area contributed by atoms with E-state index >= 15 is 0 Å². The van der Waals surface area contributed by atoms with Crippen molar-refractivity contribution >= 4 is 5.91 Å². The molecule has 1 atom stereocenters.